The summed E-state index contributed by atoms with van der Waals surface area (Å²) in [6.45, 7) is 3.07. The number of halogens is 3. The van der Waals surface area contributed by atoms with Crippen molar-refractivity contribution < 1.29 is 27.6 Å². The lowest BCUT2D eigenvalue weighted by atomic mass is 10.1. The zero-order valence-corrected chi connectivity index (χ0v) is 10.0. The molecule has 0 heterocycles. The smallest absolute Gasteiger partial charge is 0.423 e. The van der Waals surface area contributed by atoms with Gasteiger partial charge < -0.3 is 4.74 Å². The van der Waals surface area contributed by atoms with Crippen molar-refractivity contribution in [1.29, 1.82) is 0 Å². The largest absolute Gasteiger partial charge is 0.459 e. The summed E-state index contributed by atoms with van der Waals surface area (Å²) < 4.78 is 42.7. The molecule has 1 rings (SSSR count). The van der Waals surface area contributed by atoms with Gasteiger partial charge in [-0.1, -0.05) is 0 Å². The molecule has 0 aliphatic heterocycles. The van der Waals surface area contributed by atoms with Crippen molar-refractivity contribution in [3.8, 4) is 0 Å². The average Bonchev–Trinajstić information content (AvgIpc) is 2.25. The Hall–Kier alpha value is -2.12. The first-order valence-corrected chi connectivity index (χ1v) is 5.19. The van der Waals surface area contributed by atoms with Crippen LogP contribution in [-0.4, -0.2) is 17.0 Å². The van der Waals surface area contributed by atoms with Crippen LogP contribution in [0, 0.1) is 10.1 Å². The Morgan fingerprint density at radius 2 is 1.95 bits per heavy atom. The number of benzene rings is 1. The Morgan fingerprint density at radius 3 is 2.37 bits per heavy atom. The third kappa shape index (κ3) is 3.67. The van der Waals surface area contributed by atoms with E-state index in [1.165, 1.54) is 13.8 Å². The first-order chi connectivity index (χ1) is 8.62. The maximum absolute atomic E-state index is 12.7. The molecule has 0 aliphatic rings. The Morgan fingerprint density at radius 1 is 1.37 bits per heavy atom. The molecule has 1 aromatic carbocycles. The van der Waals surface area contributed by atoms with E-state index in [-0.39, 0.29) is 5.56 Å². The number of nitro groups is 1. The zero-order valence-electron chi connectivity index (χ0n) is 10.0. The lowest BCUT2D eigenvalue weighted by molar-refractivity contribution is -0.388. The maximum Gasteiger partial charge on any atom is 0.423 e. The van der Waals surface area contributed by atoms with Gasteiger partial charge in [0.15, 0.2) is 0 Å². The van der Waals surface area contributed by atoms with E-state index >= 15 is 0 Å². The Kier molecular flexibility index (Phi) is 4.13. The SMILES string of the molecule is CC(C)OC(=O)c1ccc([N+](=O)[O-])c(C(F)(F)F)c1. The summed E-state index contributed by atoms with van der Waals surface area (Å²) in [5.41, 5.74) is -2.96. The van der Waals surface area contributed by atoms with Gasteiger partial charge in [-0.3, -0.25) is 10.1 Å². The number of alkyl halides is 3. The van der Waals surface area contributed by atoms with E-state index in [1.807, 2.05) is 0 Å². The highest BCUT2D eigenvalue weighted by Gasteiger charge is 2.39. The molecule has 0 saturated carbocycles. The number of ether oxygens (including phenoxy) is 1. The van der Waals surface area contributed by atoms with Gasteiger partial charge in [0.25, 0.3) is 5.69 Å². The van der Waals surface area contributed by atoms with Crippen LogP contribution in [0.2, 0.25) is 0 Å². The highest BCUT2D eigenvalue weighted by Crippen LogP contribution is 2.36. The van der Waals surface area contributed by atoms with E-state index < -0.39 is 34.4 Å². The second-order valence-corrected chi connectivity index (χ2v) is 3.94. The van der Waals surface area contributed by atoms with Crippen molar-refractivity contribution in [2.75, 3.05) is 0 Å². The number of esters is 1. The first-order valence-electron chi connectivity index (χ1n) is 5.19. The number of carbonyl (C=O) groups excluding carboxylic acids is 1. The molecule has 104 valence electrons. The minimum atomic E-state index is -4.92. The van der Waals surface area contributed by atoms with Crippen molar-refractivity contribution in [3.05, 3.63) is 39.4 Å². The number of hydrogen-bond acceptors (Lipinski definition) is 4. The van der Waals surface area contributed by atoms with Crippen LogP contribution in [0.1, 0.15) is 29.8 Å². The van der Waals surface area contributed by atoms with Gasteiger partial charge in [-0.15, -0.1) is 0 Å². The second-order valence-electron chi connectivity index (χ2n) is 3.94. The van der Waals surface area contributed by atoms with Crippen molar-refractivity contribution in [2.24, 2.45) is 0 Å². The second kappa shape index (κ2) is 5.25. The summed E-state index contributed by atoms with van der Waals surface area (Å²) in [4.78, 5) is 20.8. The Bertz CT molecular complexity index is 511. The number of nitro benzene ring substituents is 1. The van der Waals surface area contributed by atoms with E-state index in [2.05, 4.69) is 0 Å². The predicted molar refractivity (Wildman–Crippen MR) is 58.6 cm³/mol. The van der Waals surface area contributed by atoms with Crippen LogP contribution in [0.5, 0.6) is 0 Å². The minimum absolute atomic E-state index is 0.383. The molecule has 0 spiro atoms. The van der Waals surface area contributed by atoms with Gasteiger partial charge in [0.2, 0.25) is 0 Å². The van der Waals surface area contributed by atoms with Crippen LogP contribution in [0.4, 0.5) is 18.9 Å². The van der Waals surface area contributed by atoms with Crippen molar-refractivity contribution in [2.45, 2.75) is 26.1 Å². The maximum atomic E-state index is 12.7. The summed E-state index contributed by atoms with van der Waals surface area (Å²) in [6, 6.07) is 1.99. The fourth-order valence-electron chi connectivity index (χ4n) is 1.33. The van der Waals surface area contributed by atoms with E-state index in [0.717, 1.165) is 6.07 Å². The molecule has 8 heteroatoms. The number of hydrogen-bond donors (Lipinski definition) is 0. The standard InChI is InChI=1S/C11H10F3NO4/c1-6(2)19-10(16)7-3-4-9(15(17)18)8(5-7)11(12,13)14/h3-6H,1-2H3. The monoisotopic (exact) mass is 277 g/mol. The van der Waals surface area contributed by atoms with Crippen molar-refractivity contribution in [3.63, 3.8) is 0 Å². The van der Waals surface area contributed by atoms with Crippen LogP contribution >= 0.6 is 0 Å². The van der Waals surface area contributed by atoms with Gasteiger partial charge in [0.05, 0.1) is 16.6 Å². The average molecular weight is 277 g/mol. The quantitative estimate of drug-likeness (QED) is 0.483. The highest BCUT2D eigenvalue weighted by atomic mass is 19.4. The molecule has 0 unspecified atom stereocenters. The molecule has 0 fully saturated rings. The molecule has 0 amide bonds. The van der Waals surface area contributed by atoms with Crippen LogP contribution < -0.4 is 0 Å². The number of nitrogens with zero attached hydrogens (tertiary/aromatic N) is 1. The van der Waals surface area contributed by atoms with Crippen LogP contribution in [0.3, 0.4) is 0 Å². The van der Waals surface area contributed by atoms with E-state index in [9.17, 15) is 28.1 Å². The normalized spacial score (nSPS) is 11.5. The van der Waals surface area contributed by atoms with Gasteiger partial charge in [-0.05, 0) is 26.0 Å². The number of carbonyl (C=O) groups is 1. The third-order valence-electron chi connectivity index (χ3n) is 2.08. The summed E-state index contributed by atoms with van der Waals surface area (Å²) in [5.74, 6) is -0.963. The first kappa shape index (κ1) is 14.9. The van der Waals surface area contributed by atoms with Gasteiger partial charge >= 0.3 is 12.1 Å². The molecular weight excluding hydrogens is 267 g/mol. The highest BCUT2D eigenvalue weighted by molar-refractivity contribution is 5.90. The lowest BCUT2D eigenvalue weighted by Crippen LogP contribution is -2.14. The predicted octanol–water partition coefficient (Wildman–Crippen LogP) is 3.18. The van der Waals surface area contributed by atoms with E-state index in [1.54, 1.807) is 0 Å². The summed E-state index contributed by atoms with van der Waals surface area (Å²) in [6.07, 6.45) is -5.42. The van der Waals surface area contributed by atoms with Gasteiger partial charge in [-0.2, -0.15) is 13.2 Å². The molecule has 0 radical (unpaired) electrons. The Labute approximate surface area is 106 Å². The molecule has 0 aliphatic carbocycles. The topological polar surface area (TPSA) is 69.4 Å². The molecule has 0 bridgehead atoms. The van der Waals surface area contributed by atoms with Crippen LogP contribution in [-0.2, 0) is 10.9 Å². The van der Waals surface area contributed by atoms with Gasteiger partial charge in [-0.25, -0.2) is 4.79 Å². The summed E-state index contributed by atoms with van der Waals surface area (Å²) in [7, 11) is 0. The number of rotatable bonds is 3. The zero-order chi connectivity index (χ0) is 14.8. The lowest BCUT2D eigenvalue weighted by Gasteiger charge is -2.11. The fourth-order valence-corrected chi connectivity index (χ4v) is 1.33. The van der Waals surface area contributed by atoms with Gasteiger partial charge in [0, 0.05) is 6.07 Å². The van der Waals surface area contributed by atoms with E-state index in [0.29, 0.717) is 12.1 Å². The molecule has 0 aromatic heterocycles. The molecule has 19 heavy (non-hydrogen) atoms. The molecule has 1 aromatic rings. The molecule has 5 nitrogen and oxygen atoms in total. The van der Waals surface area contributed by atoms with Crippen molar-refractivity contribution >= 4 is 11.7 Å². The van der Waals surface area contributed by atoms with Crippen molar-refractivity contribution in [1.82, 2.24) is 0 Å². The molecule has 0 N–H and O–H groups in total. The molecule has 0 atom stereocenters. The van der Waals surface area contributed by atoms with Crippen LogP contribution in [0.15, 0.2) is 18.2 Å². The molecular formula is C11H10F3NO4. The Balaban J connectivity index is 3.27. The molecule has 0 saturated heterocycles. The minimum Gasteiger partial charge on any atom is -0.459 e. The van der Waals surface area contributed by atoms with Gasteiger partial charge in [0.1, 0.15) is 5.56 Å². The third-order valence-corrected chi connectivity index (χ3v) is 2.08. The van der Waals surface area contributed by atoms with E-state index in [4.69, 9.17) is 4.74 Å². The summed E-state index contributed by atoms with van der Waals surface area (Å²) >= 11 is 0. The summed E-state index contributed by atoms with van der Waals surface area (Å²) in [5, 5.41) is 10.5. The van der Waals surface area contributed by atoms with Crippen LogP contribution in [0.25, 0.3) is 0 Å². The fraction of sp³-hybridized carbons (Fsp3) is 0.364.